The standard InChI is InChI=1S/C4H11N.C2H4O2.CH4O/c1-3-5-4-2;1-2(3)4;1-2/h5H,3-4H2,1-2H3;1H3,(H,3,4);2H,1H3/p-1. The van der Waals surface area contributed by atoms with E-state index in [4.69, 9.17) is 15.0 Å². The molecule has 11 heavy (non-hydrogen) atoms. The van der Waals surface area contributed by atoms with Crippen molar-refractivity contribution in [2.75, 3.05) is 20.2 Å². The Morgan fingerprint density at radius 2 is 1.55 bits per heavy atom. The van der Waals surface area contributed by atoms with Crippen LogP contribution in [0.4, 0.5) is 0 Å². The van der Waals surface area contributed by atoms with Gasteiger partial charge in [0.1, 0.15) is 0 Å². The first-order chi connectivity index (χ1) is 5.15. The summed E-state index contributed by atoms with van der Waals surface area (Å²) in [6, 6.07) is 0. The molecular weight excluding hydrogens is 146 g/mol. The highest BCUT2D eigenvalue weighted by atomic mass is 16.4. The summed E-state index contributed by atoms with van der Waals surface area (Å²) in [7, 11) is 1.00. The molecule has 0 aromatic rings. The van der Waals surface area contributed by atoms with Crippen LogP contribution in [-0.4, -0.2) is 31.3 Å². The van der Waals surface area contributed by atoms with Gasteiger partial charge < -0.3 is 20.3 Å². The predicted octanol–water partition coefficient (Wildman–Crippen LogP) is -1.02. The number of hydrogen-bond acceptors (Lipinski definition) is 4. The van der Waals surface area contributed by atoms with E-state index in [1.165, 1.54) is 0 Å². The van der Waals surface area contributed by atoms with Crippen LogP contribution in [0.5, 0.6) is 0 Å². The molecule has 2 N–H and O–H groups in total. The highest BCUT2D eigenvalue weighted by Gasteiger charge is 1.62. The van der Waals surface area contributed by atoms with Crippen LogP contribution in [0.2, 0.25) is 0 Å². The lowest BCUT2D eigenvalue weighted by Crippen LogP contribution is -2.16. The fourth-order valence-electron chi connectivity index (χ4n) is 0.250. The molecule has 0 amide bonds. The van der Waals surface area contributed by atoms with E-state index < -0.39 is 5.97 Å². The molecule has 70 valence electrons. The van der Waals surface area contributed by atoms with Gasteiger partial charge in [-0.3, -0.25) is 0 Å². The minimum atomic E-state index is -1.08. The molecule has 0 saturated heterocycles. The Morgan fingerprint density at radius 3 is 1.55 bits per heavy atom. The van der Waals surface area contributed by atoms with E-state index in [2.05, 4.69) is 19.2 Å². The molecule has 0 aromatic carbocycles. The first-order valence-electron chi connectivity index (χ1n) is 3.48. The molecular formula is C7H18NO3-. The van der Waals surface area contributed by atoms with Crippen LogP contribution in [0.1, 0.15) is 20.8 Å². The molecule has 0 fully saturated rings. The van der Waals surface area contributed by atoms with E-state index in [-0.39, 0.29) is 0 Å². The molecule has 4 heteroatoms. The lowest BCUT2D eigenvalue weighted by atomic mass is 10.7. The molecule has 0 aromatic heterocycles. The largest absolute Gasteiger partial charge is 0.550 e. The van der Waals surface area contributed by atoms with Gasteiger partial charge in [0.2, 0.25) is 0 Å². The Hall–Kier alpha value is -0.610. The summed E-state index contributed by atoms with van der Waals surface area (Å²) < 4.78 is 0. The maximum absolute atomic E-state index is 8.89. The Labute approximate surface area is 68.2 Å². The normalized spacial score (nSPS) is 6.64. The van der Waals surface area contributed by atoms with Crippen molar-refractivity contribution in [2.24, 2.45) is 0 Å². The molecule has 0 aliphatic rings. The number of aliphatic hydroxyl groups excluding tert-OH is 1. The van der Waals surface area contributed by atoms with Crippen molar-refractivity contribution in [1.82, 2.24) is 5.32 Å². The van der Waals surface area contributed by atoms with E-state index in [1.54, 1.807) is 0 Å². The summed E-state index contributed by atoms with van der Waals surface area (Å²) in [5.74, 6) is -1.08. The minimum absolute atomic E-state index is 0.972. The Balaban J connectivity index is -0.0000000965. The van der Waals surface area contributed by atoms with E-state index >= 15 is 0 Å². The van der Waals surface area contributed by atoms with Crippen molar-refractivity contribution in [3.8, 4) is 0 Å². The highest BCUT2D eigenvalue weighted by Crippen LogP contribution is 1.47. The van der Waals surface area contributed by atoms with Gasteiger partial charge in [-0.2, -0.15) is 0 Å². The molecule has 0 heterocycles. The first kappa shape index (κ1) is 16.8. The monoisotopic (exact) mass is 164 g/mol. The second-order valence-corrected chi connectivity index (χ2v) is 1.45. The maximum atomic E-state index is 8.89. The molecule has 0 radical (unpaired) electrons. The number of carbonyl (C=O) groups is 1. The lowest BCUT2D eigenvalue weighted by molar-refractivity contribution is -0.302. The van der Waals surface area contributed by atoms with Gasteiger partial charge in [0, 0.05) is 13.1 Å². The van der Waals surface area contributed by atoms with Gasteiger partial charge in [0.15, 0.2) is 0 Å². The zero-order valence-corrected chi connectivity index (χ0v) is 7.68. The van der Waals surface area contributed by atoms with Crippen molar-refractivity contribution < 1.29 is 15.0 Å². The van der Waals surface area contributed by atoms with Crippen molar-refractivity contribution in [3.63, 3.8) is 0 Å². The third-order valence-electron chi connectivity index (χ3n) is 0.500. The van der Waals surface area contributed by atoms with E-state index in [0.29, 0.717) is 0 Å². The highest BCUT2D eigenvalue weighted by molar-refractivity contribution is 5.60. The fourth-order valence-corrected chi connectivity index (χ4v) is 0.250. The predicted molar refractivity (Wildman–Crippen MR) is 43.0 cm³/mol. The lowest BCUT2D eigenvalue weighted by Gasteiger charge is -1.86. The van der Waals surface area contributed by atoms with Crippen LogP contribution >= 0.6 is 0 Å². The van der Waals surface area contributed by atoms with Crippen LogP contribution in [0.15, 0.2) is 0 Å². The second kappa shape index (κ2) is 22.8. The van der Waals surface area contributed by atoms with Gasteiger partial charge in [-0.05, 0) is 20.0 Å². The number of carboxylic acids is 1. The minimum Gasteiger partial charge on any atom is -0.550 e. The Kier molecular flexibility index (Phi) is 34.7. The van der Waals surface area contributed by atoms with Crippen LogP contribution in [-0.2, 0) is 4.79 Å². The summed E-state index contributed by atoms with van der Waals surface area (Å²) in [5, 5.41) is 19.0. The van der Waals surface area contributed by atoms with Gasteiger partial charge in [-0.25, -0.2) is 0 Å². The molecule has 0 unspecified atom stereocenters. The topological polar surface area (TPSA) is 72.4 Å². The molecule has 0 aliphatic heterocycles. The average Bonchev–Trinajstić information content (AvgIpc) is 1.93. The summed E-state index contributed by atoms with van der Waals surface area (Å²) in [6.45, 7) is 7.36. The zero-order chi connectivity index (χ0) is 9.70. The van der Waals surface area contributed by atoms with E-state index in [9.17, 15) is 0 Å². The van der Waals surface area contributed by atoms with Gasteiger partial charge in [-0.1, -0.05) is 13.8 Å². The SMILES string of the molecule is CC(=O)[O-].CCNCC.CO. The van der Waals surface area contributed by atoms with E-state index in [0.717, 1.165) is 27.1 Å². The van der Waals surface area contributed by atoms with Gasteiger partial charge in [0.25, 0.3) is 0 Å². The Bertz CT molecular complexity index is 60.7. The second-order valence-electron chi connectivity index (χ2n) is 1.45. The third kappa shape index (κ3) is 265. The number of aliphatic hydroxyl groups is 1. The van der Waals surface area contributed by atoms with Crippen molar-refractivity contribution >= 4 is 5.97 Å². The smallest absolute Gasteiger partial charge is 0.0383 e. The summed E-state index contributed by atoms with van der Waals surface area (Å²) >= 11 is 0. The summed E-state index contributed by atoms with van der Waals surface area (Å²) in [6.07, 6.45) is 0. The number of carboxylic acid groups (broad SMARTS) is 1. The van der Waals surface area contributed by atoms with E-state index in [1.807, 2.05) is 0 Å². The van der Waals surface area contributed by atoms with Crippen LogP contribution in [0.25, 0.3) is 0 Å². The third-order valence-corrected chi connectivity index (χ3v) is 0.500. The molecule has 0 bridgehead atoms. The quantitative estimate of drug-likeness (QED) is 0.548. The molecule has 0 spiro atoms. The number of rotatable bonds is 2. The number of hydrogen-bond donors (Lipinski definition) is 2. The van der Waals surface area contributed by atoms with Crippen LogP contribution in [0, 0.1) is 0 Å². The first-order valence-corrected chi connectivity index (χ1v) is 3.48. The molecule has 0 aliphatic carbocycles. The van der Waals surface area contributed by atoms with Gasteiger partial charge in [-0.15, -0.1) is 0 Å². The molecule has 0 atom stereocenters. The maximum Gasteiger partial charge on any atom is 0.0383 e. The zero-order valence-electron chi connectivity index (χ0n) is 7.68. The van der Waals surface area contributed by atoms with Crippen LogP contribution < -0.4 is 10.4 Å². The van der Waals surface area contributed by atoms with Crippen LogP contribution in [0.3, 0.4) is 0 Å². The fraction of sp³-hybridized carbons (Fsp3) is 0.857. The number of nitrogens with one attached hydrogen (secondary N) is 1. The Morgan fingerprint density at radius 1 is 1.36 bits per heavy atom. The molecule has 0 saturated carbocycles. The van der Waals surface area contributed by atoms with Gasteiger partial charge >= 0.3 is 0 Å². The molecule has 0 rings (SSSR count). The average molecular weight is 164 g/mol. The van der Waals surface area contributed by atoms with Crippen molar-refractivity contribution in [3.05, 3.63) is 0 Å². The number of carbonyl (C=O) groups excluding carboxylic acids is 1. The summed E-state index contributed by atoms with van der Waals surface area (Å²) in [4.78, 5) is 8.89. The van der Waals surface area contributed by atoms with Crippen molar-refractivity contribution in [2.45, 2.75) is 20.8 Å². The summed E-state index contributed by atoms with van der Waals surface area (Å²) in [5.41, 5.74) is 0. The van der Waals surface area contributed by atoms with Gasteiger partial charge in [0.05, 0.1) is 0 Å². The molecule has 4 nitrogen and oxygen atoms in total. The number of aliphatic carboxylic acids is 1. The van der Waals surface area contributed by atoms with Crippen molar-refractivity contribution in [1.29, 1.82) is 0 Å².